The Bertz CT molecular complexity index is 612. The molecule has 7 nitrogen and oxygen atoms in total. The van der Waals surface area contributed by atoms with Gasteiger partial charge >= 0.3 is 11.9 Å². The van der Waals surface area contributed by atoms with Crippen molar-refractivity contribution < 1.29 is 29.0 Å². The Labute approximate surface area is 133 Å². The van der Waals surface area contributed by atoms with Gasteiger partial charge in [0.15, 0.2) is 5.78 Å². The Kier molecular flexibility index (Phi) is 4.79. The summed E-state index contributed by atoms with van der Waals surface area (Å²) in [7, 11) is 2.37. The van der Waals surface area contributed by atoms with Gasteiger partial charge in [0.25, 0.3) is 0 Å². The van der Waals surface area contributed by atoms with Crippen molar-refractivity contribution in [1.29, 1.82) is 0 Å². The van der Waals surface area contributed by atoms with E-state index in [1.165, 1.54) is 33.5 Å². The third-order valence-corrected chi connectivity index (χ3v) is 4.25. The van der Waals surface area contributed by atoms with Crippen molar-refractivity contribution in [2.45, 2.75) is 24.9 Å². The highest BCUT2D eigenvalue weighted by Crippen LogP contribution is 2.46. The summed E-state index contributed by atoms with van der Waals surface area (Å²) in [6, 6.07) is 3.28. The van der Waals surface area contributed by atoms with Gasteiger partial charge in [0.2, 0.25) is 0 Å². The van der Waals surface area contributed by atoms with E-state index in [1.807, 2.05) is 0 Å². The molecule has 1 heterocycles. The number of ether oxygens (including phenoxy) is 2. The molecule has 0 aromatic carbocycles. The highest BCUT2D eigenvalue weighted by Gasteiger charge is 2.56. The second kappa shape index (κ2) is 6.45. The first-order valence-electron chi connectivity index (χ1n) is 7.14. The smallest absolute Gasteiger partial charge is 0.316 e. The maximum absolute atomic E-state index is 12.4. The van der Waals surface area contributed by atoms with E-state index in [4.69, 9.17) is 9.47 Å². The number of ketones is 1. The number of aromatic nitrogens is 1. The molecule has 0 bridgehead atoms. The third kappa shape index (κ3) is 3.10. The fourth-order valence-electron chi connectivity index (χ4n) is 3.24. The molecule has 4 atom stereocenters. The number of hydrogen-bond acceptors (Lipinski definition) is 7. The highest BCUT2D eigenvalue weighted by atomic mass is 16.5. The summed E-state index contributed by atoms with van der Waals surface area (Å²) >= 11 is 0. The Hall–Kier alpha value is -2.28. The SMILES string of the molecule is COC(=O)[C@@H]1C(=O)C[C@](C)(O)[C@@H](C(=O)OC)[C@H]1c1cccnc1. The molecule has 1 aliphatic rings. The van der Waals surface area contributed by atoms with Gasteiger partial charge in [-0.3, -0.25) is 19.4 Å². The number of pyridine rings is 1. The number of rotatable bonds is 3. The summed E-state index contributed by atoms with van der Waals surface area (Å²) in [6.45, 7) is 1.39. The van der Waals surface area contributed by atoms with Gasteiger partial charge in [-0.2, -0.15) is 0 Å². The minimum atomic E-state index is -1.63. The van der Waals surface area contributed by atoms with Crippen molar-refractivity contribution in [3.63, 3.8) is 0 Å². The largest absolute Gasteiger partial charge is 0.469 e. The molecule has 0 aliphatic heterocycles. The number of methoxy groups -OCH3 is 2. The van der Waals surface area contributed by atoms with Gasteiger partial charge in [0.05, 0.1) is 25.7 Å². The zero-order chi connectivity index (χ0) is 17.2. The monoisotopic (exact) mass is 321 g/mol. The van der Waals surface area contributed by atoms with Crippen LogP contribution in [0.4, 0.5) is 0 Å². The highest BCUT2D eigenvalue weighted by molar-refractivity contribution is 6.02. The maximum atomic E-state index is 12.4. The summed E-state index contributed by atoms with van der Waals surface area (Å²) in [6.07, 6.45) is 2.67. The summed E-state index contributed by atoms with van der Waals surface area (Å²) < 4.78 is 9.52. The molecular weight excluding hydrogens is 302 g/mol. The molecule has 0 amide bonds. The van der Waals surface area contributed by atoms with Gasteiger partial charge in [-0.1, -0.05) is 6.07 Å². The van der Waals surface area contributed by atoms with Gasteiger partial charge in [0, 0.05) is 24.7 Å². The first-order chi connectivity index (χ1) is 10.8. The lowest BCUT2D eigenvalue weighted by atomic mass is 9.62. The van der Waals surface area contributed by atoms with Gasteiger partial charge < -0.3 is 14.6 Å². The Balaban J connectivity index is 2.61. The van der Waals surface area contributed by atoms with Crippen molar-refractivity contribution in [1.82, 2.24) is 4.98 Å². The molecule has 7 heteroatoms. The predicted octanol–water partition coefficient (Wildman–Crippen LogP) is 0.467. The number of carbonyl (C=O) groups excluding carboxylic acids is 3. The van der Waals surface area contributed by atoms with Crippen LogP contribution in [0.3, 0.4) is 0 Å². The zero-order valence-electron chi connectivity index (χ0n) is 13.2. The molecule has 1 fully saturated rings. The zero-order valence-corrected chi connectivity index (χ0v) is 13.2. The van der Waals surface area contributed by atoms with Crippen LogP contribution in [0.5, 0.6) is 0 Å². The molecule has 0 saturated heterocycles. The summed E-state index contributed by atoms with van der Waals surface area (Å²) in [5, 5.41) is 10.6. The lowest BCUT2D eigenvalue weighted by Gasteiger charge is -2.43. The normalized spacial score (nSPS) is 30.6. The molecule has 1 aromatic rings. The number of carbonyl (C=O) groups is 3. The van der Waals surface area contributed by atoms with Crippen LogP contribution in [0.15, 0.2) is 24.5 Å². The van der Waals surface area contributed by atoms with Crippen LogP contribution in [-0.4, -0.2) is 47.6 Å². The third-order valence-electron chi connectivity index (χ3n) is 4.25. The van der Waals surface area contributed by atoms with Crippen molar-refractivity contribution >= 4 is 17.7 Å². The first-order valence-corrected chi connectivity index (χ1v) is 7.14. The predicted molar refractivity (Wildman–Crippen MR) is 78.2 cm³/mol. The molecule has 0 unspecified atom stereocenters. The maximum Gasteiger partial charge on any atom is 0.316 e. The fourth-order valence-corrected chi connectivity index (χ4v) is 3.24. The van der Waals surface area contributed by atoms with Crippen molar-refractivity contribution in [2.75, 3.05) is 14.2 Å². The summed E-state index contributed by atoms with van der Waals surface area (Å²) in [5.74, 6) is -5.08. The molecule has 124 valence electrons. The minimum Gasteiger partial charge on any atom is -0.469 e. The topological polar surface area (TPSA) is 103 Å². The Morgan fingerprint density at radius 1 is 1.30 bits per heavy atom. The van der Waals surface area contributed by atoms with Crippen LogP contribution in [0.1, 0.15) is 24.8 Å². The Morgan fingerprint density at radius 2 is 1.96 bits per heavy atom. The second-order valence-electron chi connectivity index (χ2n) is 5.81. The molecule has 2 rings (SSSR count). The van der Waals surface area contributed by atoms with Crippen LogP contribution in [-0.2, 0) is 23.9 Å². The van der Waals surface area contributed by atoms with Crippen LogP contribution >= 0.6 is 0 Å². The molecule has 1 saturated carbocycles. The van der Waals surface area contributed by atoms with E-state index in [2.05, 4.69) is 4.98 Å². The summed E-state index contributed by atoms with van der Waals surface area (Å²) in [4.78, 5) is 40.8. The van der Waals surface area contributed by atoms with E-state index < -0.39 is 41.1 Å². The standard InChI is InChI=1S/C16H19NO6/c1-16(21)7-10(18)12(14(19)22-2)11(13(16)15(20)23-3)9-5-4-6-17-8-9/h4-6,8,11-13,21H,7H2,1-3H3/t11-,12+,13+,16-/m0/s1. The van der Waals surface area contributed by atoms with Gasteiger partial charge in [0.1, 0.15) is 5.92 Å². The number of nitrogens with zero attached hydrogens (tertiary/aromatic N) is 1. The van der Waals surface area contributed by atoms with E-state index >= 15 is 0 Å². The lowest BCUT2D eigenvalue weighted by Crippen LogP contribution is -2.55. The molecule has 0 radical (unpaired) electrons. The van der Waals surface area contributed by atoms with E-state index in [9.17, 15) is 19.5 Å². The number of aliphatic hydroxyl groups is 1. The van der Waals surface area contributed by atoms with Gasteiger partial charge in [-0.05, 0) is 18.6 Å². The van der Waals surface area contributed by atoms with E-state index in [-0.39, 0.29) is 6.42 Å². The molecule has 0 spiro atoms. The van der Waals surface area contributed by atoms with Crippen LogP contribution in [0.25, 0.3) is 0 Å². The van der Waals surface area contributed by atoms with Crippen LogP contribution in [0.2, 0.25) is 0 Å². The van der Waals surface area contributed by atoms with Gasteiger partial charge in [-0.15, -0.1) is 0 Å². The molecular formula is C16H19NO6. The number of Topliss-reactive ketones (excluding diaryl/α,β-unsaturated/α-hetero) is 1. The average molecular weight is 321 g/mol. The number of esters is 2. The van der Waals surface area contributed by atoms with E-state index in [0.29, 0.717) is 5.56 Å². The summed E-state index contributed by atoms with van der Waals surface area (Å²) in [5.41, 5.74) is -1.14. The lowest BCUT2D eigenvalue weighted by molar-refractivity contribution is -0.170. The molecule has 1 aliphatic carbocycles. The van der Waals surface area contributed by atoms with Crippen LogP contribution in [0, 0.1) is 11.8 Å². The van der Waals surface area contributed by atoms with E-state index in [0.717, 1.165) is 0 Å². The number of hydrogen-bond donors (Lipinski definition) is 1. The molecule has 23 heavy (non-hydrogen) atoms. The Morgan fingerprint density at radius 3 is 2.48 bits per heavy atom. The first kappa shape index (κ1) is 17.1. The average Bonchev–Trinajstić information content (AvgIpc) is 2.52. The molecule has 1 aromatic heterocycles. The quantitative estimate of drug-likeness (QED) is 0.637. The second-order valence-corrected chi connectivity index (χ2v) is 5.81. The minimum absolute atomic E-state index is 0.330. The van der Waals surface area contributed by atoms with E-state index in [1.54, 1.807) is 12.1 Å². The molecule has 1 N–H and O–H groups in total. The van der Waals surface area contributed by atoms with Gasteiger partial charge in [-0.25, -0.2) is 0 Å². The van der Waals surface area contributed by atoms with Crippen molar-refractivity contribution in [3.05, 3.63) is 30.1 Å². The van der Waals surface area contributed by atoms with Crippen molar-refractivity contribution in [3.8, 4) is 0 Å². The van der Waals surface area contributed by atoms with Crippen molar-refractivity contribution in [2.24, 2.45) is 11.8 Å². The fraction of sp³-hybridized carbons (Fsp3) is 0.500. The van der Waals surface area contributed by atoms with Crippen LogP contribution < -0.4 is 0 Å².